The van der Waals surface area contributed by atoms with E-state index in [2.05, 4.69) is 68.5 Å². The zero-order chi connectivity index (χ0) is 22.8. The summed E-state index contributed by atoms with van der Waals surface area (Å²) < 4.78 is 5.33. The second kappa shape index (κ2) is 9.00. The summed E-state index contributed by atoms with van der Waals surface area (Å²) in [6.45, 7) is 1.78. The van der Waals surface area contributed by atoms with Crippen molar-refractivity contribution in [2.75, 3.05) is 20.7 Å². The van der Waals surface area contributed by atoms with Crippen LogP contribution in [0.3, 0.4) is 0 Å². The predicted octanol–water partition coefficient (Wildman–Crippen LogP) is 5.73. The van der Waals surface area contributed by atoms with Crippen molar-refractivity contribution in [2.24, 2.45) is 10.1 Å². The standard InChI is InChI=1S/C27H27N5O/c1-29-27(31-28)20-7-5-6-19(16-20)26-25-23(22-8-3-4-9-24(22)30-25)14-15-32(26)17-18-10-12-21(33-2)13-11-18/h3-13,16,26,28,30H,14-15,17H2,1-2H3. The molecule has 0 spiro atoms. The molecule has 6 heteroatoms. The summed E-state index contributed by atoms with van der Waals surface area (Å²) in [5.41, 5.74) is 14.6. The van der Waals surface area contributed by atoms with E-state index in [1.807, 2.05) is 24.3 Å². The van der Waals surface area contributed by atoms with Gasteiger partial charge in [-0.2, -0.15) is 0 Å². The monoisotopic (exact) mass is 437 g/mol. The molecule has 0 fully saturated rings. The molecule has 6 nitrogen and oxygen atoms in total. The molecule has 5 rings (SSSR count). The molecule has 0 radical (unpaired) electrons. The van der Waals surface area contributed by atoms with E-state index in [1.165, 1.54) is 33.3 Å². The maximum absolute atomic E-state index is 7.49. The van der Waals surface area contributed by atoms with Gasteiger partial charge in [-0.1, -0.05) is 48.5 Å². The van der Waals surface area contributed by atoms with Crippen LogP contribution in [-0.2, 0) is 13.0 Å². The van der Waals surface area contributed by atoms with Gasteiger partial charge in [0.1, 0.15) is 5.75 Å². The number of nitrogens with zero attached hydrogens (tertiary/aromatic N) is 3. The zero-order valence-electron chi connectivity index (χ0n) is 18.9. The molecular formula is C27H27N5O. The van der Waals surface area contributed by atoms with Crippen molar-refractivity contribution in [3.05, 3.63) is 101 Å². The second-order valence-corrected chi connectivity index (χ2v) is 8.32. The van der Waals surface area contributed by atoms with Crippen molar-refractivity contribution in [1.82, 2.24) is 9.88 Å². The van der Waals surface area contributed by atoms with Crippen LogP contribution < -0.4 is 4.74 Å². The van der Waals surface area contributed by atoms with Gasteiger partial charge in [0.15, 0.2) is 5.84 Å². The van der Waals surface area contributed by atoms with Crippen molar-refractivity contribution >= 4 is 16.7 Å². The minimum absolute atomic E-state index is 0.0621. The van der Waals surface area contributed by atoms with Crippen LogP contribution in [0.5, 0.6) is 5.75 Å². The molecule has 0 amide bonds. The maximum Gasteiger partial charge on any atom is 0.176 e. The Hall–Kier alpha value is -3.77. The van der Waals surface area contributed by atoms with Crippen LogP contribution in [-0.4, -0.2) is 36.4 Å². The fourth-order valence-electron chi connectivity index (χ4n) is 4.90. The molecule has 1 aromatic heterocycles. The van der Waals surface area contributed by atoms with E-state index in [-0.39, 0.29) is 6.04 Å². The number of rotatable bonds is 5. The molecule has 2 N–H and O–H groups in total. The Labute approximate surface area is 193 Å². The van der Waals surface area contributed by atoms with Gasteiger partial charge < -0.3 is 9.72 Å². The van der Waals surface area contributed by atoms with Crippen LogP contribution in [0.4, 0.5) is 0 Å². The topological polar surface area (TPSA) is 76.8 Å². The normalized spacial score (nSPS) is 16.5. The number of nitrogens with one attached hydrogen (secondary N) is 2. The summed E-state index contributed by atoms with van der Waals surface area (Å²) in [5, 5.41) is 4.91. The summed E-state index contributed by atoms with van der Waals surface area (Å²) in [6, 6.07) is 25.2. The maximum atomic E-state index is 7.49. The van der Waals surface area contributed by atoms with E-state index in [0.29, 0.717) is 5.84 Å². The van der Waals surface area contributed by atoms with Crippen LogP contribution in [0.15, 0.2) is 82.9 Å². The molecule has 1 aliphatic rings. The molecule has 33 heavy (non-hydrogen) atoms. The van der Waals surface area contributed by atoms with E-state index in [4.69, 9.17) is 10.3 Å². The van der Waals surface area contributed by atoms with Gasteiger partial charge in [-0.3, -0.25) is 9.89 Å². The van der Waals surface area contributed by atoms with Gasteiger partial charge in [-0.25, -0.2) is 5.53 Å². The van der Waals surface area contributed by atoms with Gasteiger partial charge in [0.05, 0.1) is 13.2 Å². The van der Waals surface area contributed by atoms with Crippen molar-refractivity contribution in [1.29, 1.82) is 5.53 Å². The number of ether oxygens (including phenoxy) is 1. The molecule has 1 atom stereocenters. The first-order valence-electron chi connectivity index (χ1n) is 11.1. The van der Waals surface area contributed by atoms with Crippen molar-refractivity contribution in [3.8, 4) is 5.75 Å². The van der Waals surface area contributed by atoms with Crippen molar-refractivity contribution in [2.45, 2.75) is 19.0 Å². The number of hydrogen-bond acceptors (Lipinski definition) is 4. The van der Waals surface area contributed by atoms with E-state index < -0.39 is 0 Å². The van der Waals surface area contributed by atoms with Gasteiger partial charge in [0.25, 0.3) is 0 Å². The number of aromatic nitrogens is 1. The Bertz CT molecular complexity index is 1320. The van der Waals surface area contributed by atoms with Crippen LogP contribution >= 0.6 is 0 Å². The quantitative estimate of drug-likeness (QED) is 0.238. The largest absolute Gasteiger partial charge is 0.497 e. The van der Waals surface area contributed by atoms with Crippen LogP contribution in [0.1, 0.15) is 34.0 Å². The highest BCUT2D eigenvalue weighted by Crippen LogP contribution is 2.39. The van der Waals surface area contributed by atoms with E-state index >= 15 is 0 Å². The summed E-state index contributed by atoms with van der Waals surface area (Å²) >= 11 is 0. The zero-order valence-corrected chi connectivity index (χ0v) is 18.9. The third-order valence-corrected chi connectivity index (χ3v) is 6.46. The highest BCUT2D eigenvalue weighted by molar-refractivity contribution is 5.99. The molecule has 1 aliphatic heterocycles. The van der Waals surface area contributed by atoms with E-state index in [1.54, 1.807) is 14.2 Å². The first kappa shape index (κ1) is 21.1. The van der Waals surface area contributed by atoms with E-state index in [0.717, 1.165) is 30.8 Å². The highest BCUT2D eigenvalue weighted by Gasteiger charge is 2.32. The number of para-hydroxylation sites is 1. The highest BCUT2D eigenvalue weighted by atomic mass is 16.5. The molecular weight excluding hydrogens is 410 g/mol. The Morgan fingerprint density at radius 3 is 2.67 bits per heavy atom. The number of aliphatic imine (C=N–C) groups is 1. The summed E-state index contributed by atoms with van der Waals surface area (Å²) in [7, 11) is 3.36. The minimum atomic E-state index is 0.0621. The summed E-state index contributed by atoms with van der Waals surface area (Å²) in [4.78, 5) is 10.4. The number of amidine groups is 1. The molecule has 1 unspecified atom stereocenters. The lowest BCUT2D eigenvalue weighted by Gasteiger charge is -2.36. The molecule has 166 valence electrons. The van der Waals surface area contributed by atoms with Gasteiger partial charge >= 0.3 is 0 Å². The molecule has 0 saturated carbocycles. The lowest BCUT2D eigenvalue weighted by Crippen LogP contribution is -2.35. The molecule has 4 aromatic rings. The third kappa shape index (κ3) is 3.94. The predicted molar refractivity (Wildman–Crippen MR) is 131 cm³/mol. The average molecular weight is 438 g/mol. The number of methoxy groups -OCH3 is 1. The molecule has 0 saturated heterocycles. The Balaban J connectivity index is 1.60. The first-order chi connectivity index (χ1) is 16.2. The average Bonchev–Trinajstić information content (AvgIpc) is 3.24. The minimum Gasteiger partial charge on any atom is -0.497 e. The van der Waals surface area contributed by atoms with E-state index in [9.17, 15) is 0 Å². The Kier molecular flexibility index (Phi) is 5.75. The molecule has 2 heterocycles. The van der Waals surface area contributed by atoms with Gasteiger partial charge in [-0.05, 0) is 47.4 Å². The number of hydrogen-bond donors (Lipinski definition) is 2. The fraction of sp³-hybridized carbons (Fsp3) is 0.222. The van der Waals surface area contributed by atoms with Crippen LogP contribution in [0, 0.1) is 5.53 Å². The first-order valence-corrected chi connectivity index (χ1v) is 11.1. The fourth-order valence-corrected chi connectivity index (χ4v) is 4.90. The molecule has 0 aliphatic carbocycles. The number of H-pyrrole nitrogens is 1. The van der Waals surface area contributed by atoms with Crippen LogP contribution in [0.25, 0.3) is 10.9 Å². The summed E-state index contributed by atoms with van der Waals surface area (Å²) in [6.07, 6.45) is 0.995. The Morgan fingerprint density at radius 2 is 1.91 bits per heavy atom. The SMILES string of the molecule is CN=C(N=N)c1cccc(C2c3[nH]c4ccccc4c3CCN2Cc2ccc(OC)cc2)c1. The van der Waals surface area contributed by atoms with Gasteiger partial charge in [0, 0.05) is 42.3 Å². The lowest BCUT2D eigenvalue weighted by molar-refractivity contribution is 0.202. The second-order valence-electron chi connectivity index (χ2n) is 8.32. The van der Waals surface area contributed by atoms with Crippen molar-refractivity contribution in [3.63, 3.8) is 0 Å². The smallest absolute Gasteiger partial charge is 0.176 e. The number of benzene rings is 3. The number of fused-ring (bicyclic) bond motifs is 3. The van der Waals surface area contributed by atoms with Gasteiger partial charge in [-0.15, -0.1) is 5.11 Å². The number of aromatic amines is 1. The van der Waals surface area contributed by atoms with Crippen LogP contribution in [0.2, 0.25) is 0 Å². The third-order valence-electron chi connectivity index (χ3n) is 6.46. The van der Waals surface area contributed by atoms with Crippen molar-refractivity contribution < 1.29 is 4.74 Å². The molecule has 0 bridgehead atoms. The summed E-state index contributed by atoms with van der Waals surface area (Å²) in [5.74, 6) is 1.30. The van der Waals surface area contributed by atoms with Gasteiger partial charge in [0.2, 0.25) is 0 Å². The Morgan fingerprint density at radius 1 is 1.09 bits per heavy atom. The molecule has 3 aromatic carbocycles. The lowest BCUT2D eigenvalue weighted by atomic mass is 9.91.